The van der Waals surface area contributed by atoms with Crippen LogP contribution in [0.2, 0.25) is 5.02 Å². The molecule has 0 saturated carbocycles. The maximum absolute atomic E-state index is 12.3. The van der Waals surface area contributed by atoms with E-state index in [4.69, 9.17) is 16.3 Å². The van der Waals surface area contributed by atoms with Crippen molar-refractivity contribution in [2.24, 2.45) is 7.05 Å². The number of aromatic nitrogens is 2. The summed E-state index contributed by atoms with van der Waals surface area (Å²) in [5, 5.41) is 7.63. The predicted octanol–water partition coefficient (Wildman–Crippen LogP) is 4.21. The Labute approximate surface area is 151 Å². The van der Waals surface area contributed by atoms with Crippen LogP contribution in [-0.4, -0.2) is 15.7 Å². The molecule has 0 spiro atoms. The summed E-state index contributed by atoms with van der Waals surface area (Å²) in [5.74, 6) is 1.12. The zero-order valence-corrected chi connectivity index (χ0v) is 14.7. The van der Waals surface area contributed by atoms with Gasteiger partial charge >= 0.3 is 0 Å². The molecule has 0 fully saturated rings. The average Bonchev–Trinajstić information content (AvgIpc) is 2.92. The molecule has 3 rings (SSSR count). The molecule has 0 bridgehead atoms. The van der Waals surface area contributed by atoms with Gasteiger partial charge in [0.2, 0.25) is 0 Å². The maximum Gasteiger partial charge on any atom is 0.256 e. The monoisotopic (exact) mass is 355 g/mol. The van der Waals surface area contributed by atoms with Gasteiger partial charge in [-0.25, -0.2) is 0 Å². The highest BCUT2D eigenvalue weighted by Gasteiger charge is 2.09. The van der Waals surface area contributed by atoms with Crippen molar-refractivity contribution in [1.82, 2.24) is 9.78 Å². The molecule has 0 unspecified atom stereocenters. The molecule has 1 amide bonds. The fourth-order valence-corrected chi connectivity index (χ4v) is 2.58. The first-order valence-corrected chi connectivity index (χ1v) is 8.19. The lowest BCUT2D eigenvalue weighted by atomic mass is 10.1. The van der Waals surface area contributed by atoms with Gasteiger partial charge in [-0.15, -0.1) is 0 Å². The summed E-state index contributed by atoms with van der Waals surface area (Å²) in [7, 11) is 1.79. The fourth-order valence-electron chi connectivity index (χ4n) is 2.39. The highest BCUT2D eigenvalue weighted by atomic mass is 35.5. The molecule has 3 aromatic rings. The summed E-state index contributed by atoms with van der Waals surface area (Å²) in [6.07, 6.45) is 0. The van der Waals surface area contributed by atoms with Crippen molar-refractivity contribution >= 4 is 23.3 Å². The van der Waals surface area contributed by atoms with Crippen LogP contribution in [0.1, 0.15) is 21.6 Å². The Morgan fingerprint density at radius 1 is 1.20 bits per heavy atom. The lowest BCUT2D eigenvalue weighted by Gasteiger charge is -2.09. The minimum Gasteiger partial charge on any atom is -0.487 e. The van der Waals surface area contributed by atoms with Crippen LogP contribution < -0.4 is 10.1 Å². The van der Waals surface area contributed by atoms with Crippen molar-refractivity contribution in [3.05, 3.63) is 76.4 Å². The SMILES string of the molecule is Cc1cc(NC(=O)c2ccc(COc3ccccc3Cl)cc2)n(C)n1. The number of hydrogen-bond acceptors (Lipinski definition) is 3. The standard InChI is InChI=1S/C19H18ClN3O2/c1-13-11-18(23(2)22-13)21-19(24)15-9-7-14(8-10-15)12-25-17-6-4-3-5-16(17)20/h3-11H,12H2,1-2H3,(H,21,24). The van der Waals surface area contributed by atoms with Crippen molar-refractivity contribution in [1.29, 1.82) is 0 Å². The van der Waals surface area contributed by atoms with Crippen molar-refractivity contribution in [2.45, 2.75) is 13.5 Å². The minimum atomic E-state index is -0.179. The smallest absolute Gasteiger partial charge is 0.256 e. The Bertz CT molecular complexity index is 888. The number of benzene rings is 2. The van der Waals surface area contributed by atoms with Gasteiger partial charge in [-0.1, -0.05) is 35.9 Å². The average molecular weight is 356 g/mol. The normalized spacial score (nSPS) is 10.5. The number of anilines is 1. The topological polar surface area (TPSA) is 56.1 Å². The molecule has 25 heavy (non-hydrogen) atoms. The van der Waals surface area contributed by atoms with Gasteiger partial charge in [-0.3, -0.25) is 9.48 Å². The first-order chi connectivity index (χ1) is 12.0. The highest BCUT2D eigenvalue weighted by Crippen LogP contribution is 2.24. The first-order valence-electron chi connectivity index (χ1n) is 7.81. The van der Waals surface area contributed by atoms with Gasteiger partial charge in [0.25, 0.3) is 5.91 Å². The van der Waals surface area contributed by atoms with Gasteiger partial charge in [0, 0.05) is 18.7 Å². The third-order valence-electron chi connectivity index (χ3n) is 3.69. The lowest BCUT2D eigenvalue weighted by Crippen LogP contribution is -2.14. The third kappa shape index (κ3) is 4.19. The summed E-state index contributed by atoms with van der Waals surface area (Å²) >= 11 is 6.06. The van der Waals surface area contributed by atoms with E-state index >= 15 is 0 Å². The second-order valence-corrected chi connectivity index (χ2v) is 6.07. The number of aryl methyl sites for hydroxylation is 2. The number of nitrogens with zero attached hydrogens (tertiary/aromatic N) is 2. The molecule has 1 aromatic heterocycles. The van der Waals surface area contributed by atoms with E-state index in [1.165, 1.54) is 0 Å². The van der Waals surface area contributed by atoms with E-state index in [0.29, 0.717) is 28.8 Å². The van der Waals surface area contributed by atoms with Gasteiger partial charge in [-0.2, -0.15) is 5.10 Å². The Balaban J connectivity index is 1.62. The second-order valence-electron chi connectivity index (χ2n) is 5.66. The maximum atomic E-state index is 12.3. The summed E-state index contributed by atoms with van der Waals surface area (Å²) in [6.45, 7) is 2.26. The van der Waals surface area contributed by atoms with Gasteiger partial charge in [0.1, 0.15) is 18.2 Å². The zero-order chi connectivity index (χ0) is 17.8. The summed E-state index contributed by atoms with van der Waals surface area (Å²) in [4.78, 5) is 12.3. The van der Waals surface area contributed by atoms with E-state index in [9.17, 15) is 4.79 Å². The lowest BCUT2D eigenvalue weighted by molar-refractivity contribution is 0.102. The largest absolute Gasteiger partial charge is 0.487 e. The van der Waals surface area contributed by atoms with Crippen LogP contribution in [0.4, 0.5) is 5.82 Å². The van der Waals surface area contributed by atoms with Crippen molar-refractivity contribution in [3.8, 4) is 5.75 Å². The summed E-state index contributed by atoms with van der Waals surface area (Å²) in [6, 6.07) is 16.4. The van der Waals surface area contributed by atoms with E-state index in [1.807, 2.05) is 43.3 Å². The van der Waals surface area contributed by atoms with E-state index < -0.39 is 0 Å². The summed E-state index contributed by atoms with van der Waals surface area (Å²) in [5.41, 5.74) is 2.37. The van der Waals surface area contributed by atoms with Crippen LogP contribution in [-0.2, 0) is 13.7 Å². The van der Waals surface area contributed by atoms with Crippen molar-refractivity contribution in [2.75, 3.05) is 5.32 Å². The van der Waals surface area contributed by atoms with E-state index in [0.717, 1.165) is 11.3 Å². The molecule has 0 aliphatic rings. The number of amides is 1. The van der Waals surface area contributed by atoms with Crippen molar-refractivity contribution in [3.63, 3.8) is 0 Å². The Morgan fingerprint density at radius 3 is 2.56 bits per heavy atom. The van der Waals surface area contributed by atoms with Crippen LogP contribution in [0.15, 0.2) is 54.6 Å². The van der Waals surface area contributed by atoms with Crippen LogP contribution in [0, 0.1) is 6.92 Å². The molecule has 0 aliphatic heterocycles. The van der Waals surface area contributed by atoms with E-state index in [2.05, 4.69) is 10.4 Å². The molecule has 0 saturated heterocycles. The molecule has 1 heterocycles. The molecule has 0 atom stereocenters. The van der Waals surface area contributed by atoms with Crippen LogP contribution in [0.5, 0.6) is 5.75 Å². The number of carbonyl (C=O) groups excluding carboxylic acids is 1. The number of ether oxygens (including phenoxy) is 1. The molecule has 128 valence electrons. The Kier molecular flexibility index (Phi) is 5.05. The number of hydrogen-bond donors (Lipinski definition) is 1. The van der Waals surface area contributed by atoms with Crippen LogP contribution >= 0.6 is 11.6 Å². The van der Waals surface area contributed by atoms with E-state index in [-0.39, 0.29) is 5.91 Å². The minimum absolute atomic E-state index is 0.179. The molecule has 1 N–H and O–H groups in total. The number of carbonyl (C=O) groups is 1. The number of para-hydroxylation sites is 1. The quantitative estimate of drug-likeness (QED) is 0.745. The number of nitrogens with one attached hydrogen (secondary N) is 1. The highest BCUT2D eigenvalue weighted by molar-refractivity contribution is 6.32. The molecule has 2 aromatic carbocycles. The molecular formula is C19H18ClN3O2. The fraction of sp³-hybridized carbons (Fsp3) is 0.158. The third-order valence-corrected chi connectivity index (χ3v) is 4.00. The van der Waals surface area contributed by atoms with E-state index in [1.54, 1.807) is 29.9 Å². The first kappa shape index (κ1) is 17.0. The molecule has 0 aliphatic carbocycles. The molecule has 0 radical (unpaired) electrons. The Morgan fingerprint density at radius 2 is 1.92 bits per heavy atom. The Hall–Kier alpha value is -2.79. The van der Waals surface area contributed by atoms with Crippen LogP contribution in [0.3, 0.4) is 0 Å². The molecule has 5 nitrogen and oxygen atoms in total. The van der Waals surface area contributed by atoms with Gasteiger partial charge in [0.05, 0.1) is 10.7 Å². The number of halogens is 1. The number of rotatable bonds is 5. The van der Waals surface area contributed by atoms with Crippen LogP contribution in [0.25, 0.3) is 0 Å². The zero-order valence-electron chi connectivity index (χ0n) is 14.0. The molecular weight excluding hydrogens is 338 g/mol. The van der Waals surface area contributed by atoms with Gasteiger partial charge < -0.3 is 10.1 Å². The second kappa shape index (κ2) is 7.40. The van der Waals surface area contributed by atoms with Gasteiger partial charge in [-0.05, 0) is 36.8 Å². The predicted molar refractivity (Wildman–Crippen MR) is 98.1 cm³/mol. The summed E-state index contributed by atoms with van der Waals surface area (Å²) < 4.78 is 7.33. The molecule has 6 heteroatoms. The van der Waals surface area contributed by atoms with Gasteiger partial charge in [0.15, 0.2) is 0 Å². The van der Waals surface area contributed by atoms with Crippen molar-refractivity contribution < 1.29 is 9.53 Å².